The van der Waals surface area contributed by atoms with E-state index < -0.39 is 5.54 Å². The van der Waals surface area contributed by atoms with Crippen molar-refractivity contribution in [3.63, 3.8) is 0 Å². The van der Waals surface area contributed by atoms with Gasteiger partial charge in [0, 0.05) is 43.7 Å². The minimum atomic E-state index is -0.678. The van der Waals surface area contributed by atoms with Crippen molar-refractivity contribution in [2.24, 2.45) is 5.92 Å². The predicted molar refractivity (Wildman–Crippen MR) is 129 cm³/mol. The lowest BCUT2D eigenvalue weighted by molar-refractivity contribution is -0.139. The van der Waals surface area contributed by atoms with Crippen LogP contribution >= 0.6 is 0 Å². The number of amides is 3. The van der Waals surface area contributed by atoms with Gasteiger partial charge in [0.2, 0.25) is 0 Å². The van der Waals surface area contributed by atoms with Gasteiger partial charge in [-0.05, 0) is 64.0 Å². The van der Waals surface area contributed by atoms with Gasteiger partial charge in [0.25, 0.3) is 5.91 Å². The summed E-state index contributed by atoms with van der Waals surface area (Å²) in [5.74, 6) is 1.16. The first-order chi connectivity index (χ1) is 16.5. The second-order valence-electron chi connectivity index (χ2n) is 11.4. The summed E-state index contributed by atoms with van der Waals surface area (Å²) in [7, 11) is 0. The van der Waals surface area contributed by atoms with Gasteiger partial charge in [-0.15, -0.1) is 0 Å². The maximum atomic E-state index is 14.0. The van der Waals surface area contributed by atoms with Crippen LogP contribution in [0, 0.1) is 5.92 Å². The zero-order valence-corrected chi connectivity index (χ0v) is 20.5. The van der Waals surface area contributed by atoms with E-state index >= 15 is 0 Å². The largest absolute Gasteiger partial charge is 0.379 e. The number of hydrogen-bond donors (Lipinski definition) is 1. The van der Waals surface area contributed by atoms with E-state index in [4.69, 9.17) is 4.74 Å². The summed E-state index contributed by atoms with van der Waals surface area (Å²) in [5, 5.41) is 3.63. The average Bonchev–Trinajstić information content (AvgIpc) is 3.59. The van der Waals surface area contributed by atoms with Crippen molar-refractivity contribution in [1.29, 1.82) is 0 Å². The van der Waals surface area contributed by atoms with Crippen LogP contribution in [0.25, 0.3) is 0 Å². The third kappa shape index (κ3) is 3.42. The normalized spacial score (nSPS) is 38.3. The maximum absolute atomic E-state index is 14.0. The summed E-state index contributed by atoms with van der Waals surface area (Å²) >= 11 is 0. The van der Waals surface area contributed by atoms with Crippen LogP contribution < -0.4 is 5.32 Å². The molecular weight excluding hydrogens is 428 g/mol. The molecule has 0 radical (unpaired) electrons. The molecule has 3 unspecified atom stereocenters. The molecule has 3 amide bonds. The third-order valence-electron chi connectivity index (χ3n) is 9.21. The Labute approximate surface area is 202 Å². The summed E-state index contributed by atoms with van der Waals surface area (Å²) in [5.41, 5.74) is 0.749. The molecule has 2 bridgehead atoms. The minimum absolute atomic E-state index is 0.0104. The van der Waals surface area contributed by atoms with Gasteiger partial charge in [0.1, 0.15) is 5.54 Å². The first-order valence-corrected chi connectivity index (χ1v) is 13.3. The molecule has 34 heavy (non-hydrogen) atoms. The van der Waals surface area contributed by atoms with Gasteiger partial charge < -0.3 is 15.0 Å². The zero-order valence-electron chi connectivity index (χ0n) is 20.5. The van der Waals surface area contributed by atoms with Crippen molar-refractivity contribution in [3.8, 4) is 0 Å². The Hall–Kier alpha value is -1.96. The van der Waals surface area contributed by atoms with Gasteiger partial charge in [-0.2, -0.15) is 0 Å². The van der Waals surface area contributed by atoms with Crippen LogP contribution in [0.2, 0.25) is 0 Å². The van der Waals surface area contributed by atoms with E-state index in [1.165, 1.54) is 5.56 Å². The van der Waals surface area contributed by atoms with E-state index in [1.54, 1.807) is 4.90 Å². The molecule has 0 saturated carbocycles. The maximum Gasteiger partial charge on any atom is 0.328 e. The molecule has 0 aliphatic carbocycles. The SMILES string of the molecule is CC(C)N1C(=O)N(C2CCOC2)C(=O)C12CC1CCC(C2)N1C[C@H]1CNC[C@@H]1c1ccccc1. The molecule has 5 heterocycles. The van der Waals surface area contributed by atoms with Gasteiger partial charge in [0.15, 0.2) is 0 Å². The number of nitrogens with zero attached hydrogens (tertiary/aromatic N) is 3. The van der Waals surface area contributed by atoms with Crippen molar-refractivity contribution < 1.29 is 14.3 Å². The van der Waals surface area contributed by atoms with E-state index in [0.29, 0.717) is 37.1 Å². The molecular formula is C27H38N4O3. The number of nitrogens with one attached hydrogen (secondary N) is 1. The standard InChI is InChI=1S/C27H38N4O3/c1-18(2)31-26(33)30(23-10-11-34-17-23)25(32)27(31)12-21-8-9-22(13-27)29(21)16-20-14-28-15-24(20)19-6-4-3-5-7-19/h3-7,18,20-24,28H,8-17H2,1-2H3/t20-,21?,22?,23?,24-,27?/m1/s1. The molecule has 5 fully saturated rings. The molecule has 5 aliphatic heterocycles. The number of carbonyl (C=O) groups is 2. The van der Waals surface area contributed by atoms with Crippen LogP contribution in [0.3, 0.4) is 0 Å². The van der Waals surface area contributed by atoms with E-state index in [2.05, 4.69) is 54.4 Å². The monoisotopic (exact) mass is 466 g/mol. The summed E-state index contributed by atoms with van der Waals surface area (Å²) < 4.78 is 5.55. The number of ether oxygens (including phenoxy) is 1. The second kappa shape index (κ2) is 8.61. The number of fused-ring (bicyclic) bond motifs is 2. The fourth-order valence-corrected chi connectivity index (χ4v) is 7.75. The average molecular weight is 467 g/mol. The van der Waals surface area contributed by atoms with Crippen LogP contribution in [0.5, 0.6) is 0 Å². The third-order valence-corrected chi connectivity index (χ3v) is 9.21. The molecule has 6 rings (SSSR count). The van der Waals surface area contributed by atoms with Crippen molar-refractivity contribution in [1.82, 2.24) is 20.0 Å². The van der Waals surface area contributed by atoms with Crippen LogP contribution in [0.15, 0.2) is 30.3 Å². The van der Waals surface area contributed by atoms with Crippen molar-refractivity contribution in [2.75, 3.05) is 32.8 Å². The Balaban J connectivity index is 1.24. The van der Waals surface area contributed by atoms with Gasteiger partial charge in [0.05, 0.1) is 12.6 Å². The highest BCUT2D eigenvalue weighted by Crippen LogP contribution is 2.49. The molecule has 0 aromatic heterocycles. The van der Waals surface area contributed by atoms with Crippen molar-refractivity contribution in [2.45, 2.75) is 81.6 Å². The minimum Gasteiger partial charge on any atom is -0.379 e. The van der Waals surface area contributed by atoms with E-state index in [0.717, 1.165) is 51.7 Å². The fourth-order valence-electron chi connectivity index (χ4n) is 7.75. The molecule has 184 valence electrons. The number of piperidine rings is 1. The molecule has 1 spiro atoms. The molecule has 7 heteroatoms. The summed E-state index contributed by atoms with van der Waals surface area (Å²) in [6.45, 7) is 8.39. The topological polar surface area (TPSA) is 65.1 Å². The summed E-state index contributed by atoms with van der Waals surface area (Å²) in [4.78, 5) is 33.8. The number of carbonyl (C=O) groups excluding carboxylic acids is 2. The first kappa shape index (κ1) is 22.5. The lowest BCUT2D eigenvalue weighted by Crippen LogP contribution is -2.62. The van der Waals surface area contributed by atoms with Crippen molar-refractivity contribution in [3.05, 3.63) is 35.9 Å². The Morgan fingerprint density at radius 3 is 2.41 bits per heavy atom. The van der Waals surface area contributed by atoms with Crippen LogP contribution in [-0.4, -0.2) is 89.2 Å². The fraction of sp³-hybridized carbons (Fsp3) is 0.704. The van der Waals surface area contributed by atoms with E-state index in [1.807, 2.05) is 4.90 Å². The smallest absolute Gasteiger partial charge is 0.328 e. The summed E-state index contributed by atoms with van der Waals surface area (Å²) in [6.07, 6.45) is 4.55. The molecule has 7 nitrogen and oxygen atoms in total. The Morgan fingerprint density at radius 1 is 1.03 bits per heavy atom. The highest BCUT2D eigenvalue weighted by molar-refractivity contribution is 6.07. The lowest BCUT2D eigenvalue weighted by Gasteiger charge is -2.48. The van der Waals surface area contributed by atoms with Crippen LogP contribution in [-0.2, 0) is 9.53 Å². The molecule has 1 aromatic rings. The van der Waals surface area contributed by atoms with E-state index in [-0.39, 0.29) is 24.0 Å². The van der Waals surface area contributed by atoms with Gasteiger partial charge in [-0.1, -0.05) is 30.3 Å². The molecule has 5 saturated heterocycles. The zero-order chi connectivity index (χ0) is 23.4. The first-order valence-electron chi connectivity index (χ1n) is 13.3. The lowest BCUT2D eigenvalue weighted by atomic mass is 9.79. The van der Waals surface area contributed by atoms with Crippen LogP contribution in [0.4, 0.5) is 4.79 Å². The molecule has 5 atom stereocenters. The van der Waals surface area contributed by atoms with E-state index in [9.17, 15) is 9.59 Å². The highest BCUT2D eigenvalue weighted by atomic mass is 16.5. The number of imide groups is 1. The Bertz CT molecular complexity index is 917. The molecule has 5 aliphatic rings. The van der Waals surface area contributed by atoms with Gasteiger partial charge >= 0.3 is 6.03 Å². The summed E-state index contributed by atoms with van der Waals surface area (Å²) in [6, 6.07) is 11.4. The van der Waals surface area contributed by atoms with Gasteiger partial charge in [-0.25, -0.2) is 4.79 Å². The predicted octanol–water partition coefficient (Wildman–Crippen LogP) is 2.82. The quantitative estimate of drug-likeness (QED) is 0.676. The Morgan fingerprint density at radius 2 is 1.76 bits per heavy atom. The molecule has 1 N–H and O–H groups in total. The second-order valence-corrected chi connectivity index (χ2v) is 11.4. The van der Waals surface area contributed by atoms with Gasteiger partial charge in [-0.3, -0.25) is 14.6 Å². The molecule has 1 aromatic carbocycles. The highest BCUT2D eigenvalue weighted by Gasteiger charge is 2.64. The number of benzene rings is 1. The number of rotatable bonds is 5. The van der Waals surface area contributed by atoms with Crippen LogP contribution in [0.1, 0.15) is 57.4 Å². The number of urea groups is 1. The number of hydrogen-bond acceptors (Lipinski definition) is 5. The van der Waals surface area contributed by atoms with Crippen molar-refractivity contribution >= 4 is 11.9 Å². The Kier molecular flexibility index (Phi) is 5.70.